The molecule has 1 saturated heterocycles. The molecule has 4 rings (SSSR count). The highest BCUT2D eigenvalue weighted by atomic mass is 32.2. The quantitative estimate of drug-likeness (QED) is 0.831. The first kappa shape index (κ1) is 19.2. The van der Waals surface area contributed by atoms with Crippen molar-refractivity contribution >= 4 is 15.9 Å². The average molecular weight is 403 g/mol. The van der Waals surface area contributed by atoms with Gasteiger partial charge in [-0.05, 0) is 61.1 Å². The number of likely N-dealkylation sites (tertiary alicyclic amines) is 1. The van der Waals surface area contributed by atoms with E-state index in [4.69, 9.17) is 4.42 Å². The Hall–Kier alpha value is -2.12. The van der Waals surface area contributed by atoms with Gasteiger partial charge >= 0.3 is 0 Å². The topological polar surface area (TPSA) is 79.6 Å². The van der Waals surface area contributed by atoms with Crippen LogP contribution in [-0.2, 0) is 16.6 Å². The lowest BCUT2D eigenvalue weighted by molar-refractivity contribution is 0.0521. The molecule has 1 aromatic heterocycles. The molecule has 1 aromatic carbocycles. The number of nitrogens with zero attached hydrogens (tertiary/aromatic N) is 1. The van der Waals surface area contributed by atoms with E-state index in [-0.39, 0.29) is 17.3 Å². The maximum atomic E-state index is 12.9. The van der Waals surface area contributed by atoms with Crippen LogP contribution in [0.5, 0.6) is 0 Å². The fourth-order valence-corrected chi connectivity index (χ4v) is 5.40. The molecule has 28 heavy (non-hydrogen) atoms. The van der Waals surface area contributed by atoms with E-state index in [0.29, 0.717) is 17.2 Å². The Balaban J connectivity index is 1.40. The maximum Gasteiger partial charge on any atom is 0.253 e. The van der Waals surface area contributed by atoms with Crippen LogP contribution in [-0.4, -0.2) is 32.3 Å². The first-order chi connectivity index (χ1) is 13.5. The average Bonchev–Trinajstić information content (AvgIpc) is 3.25. The van der Waals surface area contributed by atoms with Crippen LogP contribution in [0.3, 0.4) is 0 Å². The molecule has 1 aliphatic heterocycles. The molecule has 0 spiro atoms. The number of hydrogen-bond acceptors (Lipinski definition) is 4. The van der Waals surface area contributed by atoms with Crippen molar-refractivity contribution in [1.29, 1.82) is 0 Å². The SMILES string of the molecule is O=C(c1ccc(S(=O)(=O)NCc2ccco2)cc1)N1CC[C@@H]2CCCC[C@@H]2C1. The van der Waals surface area contributed by atoms with Crippen molar-refractivity contribution in [2.24, 2.45) is 11.8 Å². The van der Waals surface area contributed by atoms with Gasteiger partial charge in [-0.3, -0.25) is 4.79 Å². The zero-order valence-corrected chi connectivity index (χ0v) is 16.7. The highest BCUT2D eigenvalue weighted by Gasteiger charge is 2.33. The van der Waals surface area contributed by atoms with Crippen molar-refractivity contribution in [3.05, 3.63) is 54.0 Å². The zero-order chi connectivity index (χ0) is 19.6. The van der Waals surface area contributed by atoms with Gasteiger partial charge in [-0.2, -0.15) is 0 Å². The van der Waals surface area contributed by atoms with Gasteiger partial charge in [0.1, 0.15) is 5.76 Å². The molecule has 2 atom stereocenters. The predicted octanol–water partition coefficient (Wildman–Crippen LogP) is 3.41. The molecular weight excluding hydrogens is 376 g/mol. The van der Waals surface area contributed by atoms with E-state index in [1.54, 1.807) is 24.3 Å². The minimum absolute atomic E-state index is 0.00323. The minimum atomic E-state index is -3.65. The second kappa shape index (κ2) is 8.09. The fourth-order valence-electron chi connectivity index (χ4n) is 4.41. The summed E-state index contributed by atoms with van der Waals surface area (Å²) in [5.41, 5.74) is 0.541. The molecule has 2 fully saturated rings. The number of hydrogen-bond donors (Lipinski definition) is 1. The Bertz CT molecular complexity index is 906. The van der Waals surface area contributed by atoms with E-state index < -0.39 is 10.0 Å². The van der Waals surface area contributed by atoms with Gasteiger partial charge in [0.15, 0.2) is 0 Å². The lowest BCUT2D eigenvalue weighted by atomic mass is 9.75. The van der Waals surface area contributed by atoms with Crippen molar-refractivity contribution in [2.45, 2.75) is 43.5 Å². The van der Waals surface area contributed by atoms with Crippen LogP contribution in [0.4, 0.5) is 0 Å². The standard InChI is InChI=1S/C21H26N2O4S/c24-21(23-12-11-16-4-1-2-5-18(16)15-23)17-7-9-20(10-8-17)28(25,26)22-14-19-6-3-13-27-19/h3,6-10,13,16,18,22H,1-2,4-5,11-12,14-15H2/t16-,18+/m0/s1. The largest absolute Gasteiger partial charge is 0.468 e. The number of nitrogens with one attached hydrogen (secondary N) is 1. The van der Waals surface area contributed by atoms with Crippen molar-refractivity contribution < 1.29 is 17.6 Å². The van der Waals surface area contributed by atoms with E-state index in [9.17, 15) is 13.2 Å². The highest BCUT2D eigenvalue weighted by molar-refractivity contribution is 7.89. The summed E-state index contributed by atoms with van der Waals surface area (Å²) in [6.45, 7) is 1.71. The van der Waals surface area contributed by atoms with Gasteiger partial charge in [0.25, 0.3) is 5.91 Å². The molecule has 2 heterocycles. The minimum Gasteiger partial charge on any atom is -0.468 e. The van der Waals surface area contributed by atoms with Gasteiger partial charge < -0.3 is 9.32 Å². The number of sulfonamides is 1. The lowest BCUT2D eigenvalue weighted by Crippen LogP contribution is -2.44. The van der Waals surface area contributed by atoms with Crippen molar-refractivity contribution in [2.75, 3.05) is 13.1 Å². The summed E-state index contributed by atoms with van der Waals surface area (Å²) in [5.74, 6) is 1.93. The molecule has 0 unspecified atom stereocenters. The van der Waals surface area contributed by atoms with Crippen LogP contribution < -0.4 is 4.72 Å². The molecule has 2 aromatic rings. The Morgan fingerprint density at radius 1 is 1.07 bits per heavy atom. The second-order valence-electron chi connectivity index (χ2n) is 7.77. The Morgan fingerprint density at radius 2 is 1.82 bits per heavy atom. The summed E-state index contributed by atoms with van der Waals surface area (Å²) in [5, 5.41) is 0. The van der Waals surface area contributed by atoms with Crippen molar-refractivity contribution in [3.63, 3.8) is 0 Å². The van der Waals surface area contributed by atoms with Gasteiger partial charge in [0.2, 0.25) is 10.0 Å². The Labute approximate surface area is 166 Å². The van der Waals surface area contributed by atoms with E-state index in [1.165, 1.54) is 44.1 Å². The molecule has 0 bridgehead atoms. The van der Waals surface area contributed by atoms with E-state index in [1.807, 2.05) is 4.90 Å². The molecule has 1 aliphatic carbocycles. The molecule has 7 heteroatoms. The van der Waals surface area contributed by atoms with Gasteiger partial charge in [-0.15, -0.1) is 0 Å². The number of piperidine rings is 1. The Kier molecular flexibility index (Phi) is 5.55. The number of furan rings is 1. The molecular formula is C21H26N2O4S. The first-order valence-electron chi connectivity index (χ1n) is 9.94. The van der Waals surface area contributed by atoms with Gasteiger partial charge in [0.05, 0.1) is 17.7 Å². The summed E-state index contributed by atoms with van der Waals surface area (Å²) < 4.78 is 32.5. The van der Waals surface area contributed by atoms with Crippen LogP contribution in [0.25, 0.3) is 0 Å². The van der Waals surface area contributed by atoms with Crippen LogP contribution in [0.2, 0.25) is 0 Å². The summed E-state index contributed by atoms with van der Waals surface area (Å²) in [7, 11) is -3.65. The second-order valence-corrected chi connectivity index (χ2v) is 9.54. The van der Waals surface area contributed by atoms with Crippen LogP contribution in [0, 0.1) is 11.8 Å². The van der Waals surface area contributed by atoms with E-state index in [0.717, 1.165) is 25.4 Å². The van der Waals surface area contributed by atoms with Crippen LogP contribution in [0.1, 0.15) is 48.2 Å². The predicted molar refractivity (Wildman–Crippen MR) is 105 cm³/mol. The highest BCUT2D eigenvalue weighted by Crippen LogP contribution is 2.36. The summed E-state index contributed by atoms with van der Waals surface area (Å²) in [6, 6.07) is 9.61. The molecule has 1 amide bonds. The van der Waals surface area contributed by atoms with Crippen LogP contribution in [0.15, 0.2) is 52.0 Å². The normalized spacial score (nSPS) is 22.6. The third-order valence-electron chi connectivity index (χ3n) is 6.01. The molecule has 1 saturated carbocycles. The summed E-state index contributed by atoms with van der Waals surface area (Å²) in [4.78, 5) is 14.9. The Morgan fingerprint density at radius 3 is 2.54 bits per heavy atom. The lowest BCUT2D eigenvalue weighted by Gasteiger charge is -2.41. The number of fused-ring (bicyclic) bond motifs is 1. The zero-order valence-electron chi connectivity index (χ0n) is 15.8. The summed E-state index contributed by atoms with van der Waals surface area (Å²) >= 11 is 0. The molecule has 150 valence electrons. The van der Waals surface area contributed by atoms with E-state index in [2.05, 4.69) is 4.72 Å². The van der Waals surface area contributed by atoms with Crippen LogP contribution >= 0.6 is 0 Å². The number of benzene rings is 1. The molecule has 6 nitrogen and oxygen atoms in total. The third-order valence-corrected chi connectivity index (χ3v) is 7.42. The number of rotatable bonds is 5. The van der Waals surface area contributed by atoms with Crippen molar-refractivity contribution in [3.8, 4) is 0 Å². The van der Waals surface area contributed by atoms with Gasteiger partial charge in [-0.1, -0.05) is 19.3 Å². The van der Waals surface area contributed by atoms with Gasteiger partial charge in [-0.25, -0.2) is 13.1 Å². The van der Waals surface area contributed by atoms with Gasteiger partial charge in [0, 0.05) is 18.7 Å². The molecule has 1 N–H and O–H groups in total. The van der Waals surface area contributed by atoms with E-state index >= 15 is 0 Å². The fraction of sp³-hybridized carbons (Fsp3) is 0.476. The van der Waals surface area contributed by atoms with Crippen molar-refractivity contribution in [1.82, 2.24) is 9.62 Å². The molecule has 2 aliphatic rings. The maximum absolute atomic E-state index is 12.9. The first-order valence-corrected chi connectivity index (χ1v) is 11.4. The number of carbonyl (C=O) groups excluding carboxylic acids is 1. The third kappa shape index (κ3) is 4.15. The number of amides is 1. The summed E-state index contributed by atoms with van der Waals surface area (Å²) in [6.07, 6.45) is 7.68. The smallest absolute Gasteiger partial charge is 0.253 e. The molecule has 0 radical (unpaired) electrons. The monoisotopic (exact) mass is 402 g/mol. The number of carbonyl (C=O) groups is 1.